The Bertz CT molecular complexity index is 458. The number of nitrogen functional groups attached to an aromatic ring is 1. The predicted octanol–water partition coefficient (Wildman–Crippen LogP) is 1.38. The van der Waals surface area contributed by atoms with Crippen molar-refractivity contribution in [3.63, 3.8) is 0 Å². The highest BCUT2D eigenvalue weighted by Gasteiger charge is 2.34. The van der Waals surface area contributed by atoms with Gasteiger partial charge in [-0.2, -0.15) is 18.2 Å². The third-order valence-electron chi connectivity index (χ3n) is 2.42. The van der Waals surface area contributed by atoms with E-state index in [0.29, 0.717) is 6.54 Å². The molecule has 0 radical (unpaired) electrons. The fourth-order valence-corrected chi connectivity index (χ4v) is 1.63. The summed E-state index contributed by atoms with van der Waals surface area (Å²) in [6.07, 6.45) is -4.60. The van der Waals surface area contributed by atoms with Crippen molar-refractivity contribution in [2.45, 2.75) is 32.5 Å². The maximum Gasteiger partial charge on any atom is 0.433 e. The van der Waals surface area contributed by atoms with E-state index in [1.165, 1.54) is 4.90 Å². The predicted molar refractivity (Wildman–Crippen MR) is 69.0 cm³/mol. The van der Waals surface area contributed by atoms with Crippen LogP contribution < -0.4 is 16.2 Å². The smallest absolute Gasteiger partial charge is 0.389 e. The van der Waals surface area contributed by atoms with Gasteiger partial charge in [0.2, 0.25) is 5.95 Å². The van der Waals surface area contributed by atoms with Crippen molar-refractivity contribution in [3.05, 3.63) is 11.8 Å². The number of halogens is 3. The Hall–Kier alpha value is -1.61. The van der Waals surface area contributed by atoms with E-state index < -0.39 is 17.5 Å². The zero-order valence-electron chi connectivity index (χ0n) is 11.5. The molecule has 0 fully saturated rings. The maximum atomic E-state index is 12.8. The molecule has 114 valence electrons. The van der Waals surface area contributed by atoms with Crippen LogP contribution in [0.3, 0.4) is 0 Å². The Labute approximate surface area is 114 Å². The van der Waals surface area contributed by atoms with Crippen LogP contribution in [-0.4, -0.2) is 33.8 Å². The first-order valence-electron chi connectivity index (χ1n) is 5.97. The lowest BCUT2D eigenvalue weighted by molar-refractivity contribution is -0.141. The minimum absolute atomic E-state index is 0.0462. The van der Waals surface area contributed by atoms with Crippen molar-refractivity contribution in [1.82, 2.24) is 9.97 Å². The number of rotatable bonds is 5. The van der Waals surface area contributed by atoms with E-state index in [0.717, 1.165) is 6.07 Å². The Balaban J connectivity index is 3.21. The number of hydrogen-bond acceptors (Lipinski definition) is 6. The topological polar surface area (TPSA) is 87.3 Å². The average Bonchev–Trinajstić information content (AvgIpc) is 2.33. The van der Waals surface area contributed by atoms with E-state index in [9.17, 15) is 18.3 Å². The van der Waals surface area contributed by atoms with Gasteiger partial charge in [-0.3, -0.25) is 5.43 Å². The molecule has 9 heteroatoms. The van der Waals surface area contributed by atoms with Gasteiger partial charge in [-0.25, -0.2) is 10.8 Å². The molecule has 0 unspecified atom stereocenters. The third kappa shape index (κ3) is 4.49. The van der Waals surface area contributed by atoms with Gasteiger partial charge < -0.3 is 10.0 Å². The van der Waals surface area contributed by atoms with E-state index in [1.54, 1.807) is 20.8 Å². The Morgan fingerprint density at radius 2 is 1.95 bits per heavy atom. The molecular formula is C11H18F3N5O. The summed E-state index contributed by atoms with van der Waals surface area (Å²) < 4.78 is 38.3. The van der Waals surface area contributed by atoms with E-state index in [4.69, 9.17) is 5.84 Å². The fraction of sp³-hybridized carbons (Fsp3) is 0.636. The summed E-state index contributed by atoms with van der Waals surface area (Å²) in [6, 6.07) is 0.829. The van der Waals surface area contributed by atoms with Crippen LogP contribution in [0.15, 0.2) is 6.07 Å². The summed E-state index contributed by atoms with van der Waals surface area (Å²) >= 11 is 0. The molecular weight excluding hydrogens is 275 g/mol. The molecule has 0 saturated carbocycles. The van der Waals surface area contributed by atoms with Gasteiger partial charge in [-0.1, -0.05) is 0 Å². The molecule has 1 aromatic heterocycles. The van der Waals surface area contributed by atoms with Crippen LogP contribution in [0.1, 0.15) is 26.5 Å². The van der Waals surface area contributed by atoms with Gasteiger partial charge in [0, 0.05) is 19.2 Å². The highest BCUT2D eigenvalue weighted by atomic mass is 19.4. The van der Waals surface area contributed by atoms with Crippen LogP contribution in [0, 0.1) is 0 Å². The molecule has 0 spiro atoms. The molecule has 4 N–H and O–H groups in total. The molecule has 0 aliphatic carbocycles. The molecule has 6 nitrogen and oxygen atoms in total. The van der Waals surface area contributed by atoms with Crippen LogP contribution in [0.2, 0.25) is 0 Å². The van der Waals surface area contributed by atoms with Gasteiger partial charge in [0.15, 0.2) is 5.69 Å². The highest BCUT2D eigenvalue weighted by molar-refractivity contribution is 5.45. The number of nitrogens with two attached hydrogens (primary N) is 1. The largest absolute Gasteiger partial charge is 0.433 e. The number of alkyl halides is 3. The van der Waals surface area contributed by atoms with Crippen molar-refractivity contribution in [2.24, 2.45) is 5.84 Å². The van der Waals surface area contributed by atoms with Crippen LogP contribution >= 0.6 is 0 Å². The Morgan fingerprint density at radius 1 is 1.35 bits per heavy atom. The molecule has 0 amide bonds. The number of nitrogens with zero attached hydrogens (tertiary/aromatic N) is 3. The van der Waals surface area contributed by atoms with Gasteiger partial charge in [-0.05, 0) is 20.8 Å². The summed E-state index contributed by atoms with van der Waals surface area (Å²) in [5.41, 5.74) is -0.156. The first kappa shape index (κ1) is 16.4. The molecule has 0 bridgehead atoms. The number of anilines is 2. The van der Waals surface area contributed by atoms with E-state index in [1.807, 2.05) is 5.43 Å². The normalized spacial score (nSPS) is 12.4. The molecule has 0 aliphatic rings. The lowest BCUT2D eigenvalue weighted by atomic mass is 10.1. The van der Waals surface area contributed by atoms with E-state index in [-0.39, 0.29) is 18.3 Å². The van der Waals surface area contributed by atoms with Gasteiger partial charge in [-0.15, -0.1) is 0 Å². The zero-order chi connectivity index (χ0) is 15.6. The second-order valence-corrected chi connectivity index (χ2v) is 4.90. The summed E-state index contributed by atoms with van der Waals surface area (Å²) in [6.45, 7) is 5.37. The molecule has 0 atom stereocenters. The van der Waals surface area contributed by atoms with Crippen LogP contribution in [-0.2, 0) is 6.18 Å². The first-order chi connectivity index (χ1) is 9.06. The number of likely N-dealkylation sites (N-methyl/N-ethyl adjacent to an activating group) is 1. The SMILES string of the molecule is CCN(CC(C)(C)O)c1cc(C(F)(F)F)nc(NN)n1. The maximum absolute atomic E-state index is 12.8. The van der Waals surface area contributed by atoms with Crippen LogP contribution in [0.25, 0.3) is 0 Å². The standard InChI is InChI=1S/C11H18F3N5O/c1-4-19(6-10(2,3)20)8-5-7(11(12,13)14)16-9(17-8)18-15/h5,20H,4,6,15H2,1-3H3,(H,16,17,18). The fourth-order valence-electron chi connectivity index (χ4n) is 1.63. The van der Waals surface area contributed by atoms with E-state index >= 15 is 0 Å². The van der Waals surface area contributed by atoms with Crippen LogP contribution in [0.5, 0.6) is 0 Å². The molecule has 1 heterocycles. The average molecular weight is 293 g/mol. The van der Waals surface area contributed by atoms with Gasteiger partial charge in [0.25, 0.3) is 0 Å². The number of nitrogens with one attached hydrogen (secondary N) is 1. The van der Waals surface area contributed by atoms with Crippen molar-refractivity contribution in [3.8, 4) is 0 Å². The molecule has 0 aliphatic heterocycles. The van der Waals surface area contributed by atoms with Crippen LogP contribution in [0.4, 0.5) is 24.9 Å². The zero-order valence-corrected chi connectivity index (χ0v) is 11.5. The van der Waals surface area contributed by atoms with E-state index in [2.05, 4.69) is 9.97 Å². The summed E-state index contributed by atoms with van der Waals surface area (Å²) in [5.74, 6) is 4.81. The monoisotopic (exact) mass is 293 g/mol. The summed E-state index contributed by atoms with van der Waals surface area (Å²) in [7, 11) is 0. The summed E-state index contributed by atoms with van der Waals surface area (Å²) in [5, 5.41) is 9.79. The minimum Gasteiger partial charge on any atom is -0.389 e. The third-order valence-corrected chi connectivity index (χ3v) is 2.42. The van der Waals surface area contributed by atoms with Gasteiger partial charge in [0.05, 0.1) is 5.60 Å². The van der Waals surface area contributed by atoms with Gasteiger partial charge in [0.1, 0.15) is 5.82 Å². The second kappa shape index (κ2) is 5.80. The quantitative estimate of drug-likeness (QED) is 0.561. The highest BCUT2D eigenvalue weighted by Crippen LogP contribution is 2.30. The van der Waals surface area contributed by atoms with Crippen molar-refractivity contribution in [1.29, 1.82) is 0 Å². The Kier molecular flexibility index (Phi) is 4.77. The number of hydrogen-bond donors (Lipinski definition) is 3. The summed E-state index contributed by atoms with van der Waals surface area (Å²) in [4.78, 5) is 8.67. The number of hydrazine groups is 1. The lowest BCUT2D eigenvalue weighted by Crippen LogP contribution is -2.39. The van der Waals surface area contributed by atoms with Gasteiger partial charge >= 0.3 is 6.18 Å². The van der Waals surface area contributed by atoms with Crippen molar-refractivity contribution < 1.29 is 18.3 Å². The second-order valence-electron chi connectivity index (χ2n) is 4.90. The van der Waals surface area contributed by atoms with Crippen molar-refractivity contribution >= 4 is 11.8 Å². The molecule has 1 rings (SSSR count). The molecule has 0 saturated heterocycles. The first-order valence-corrected chi connectivity index (χ1v) is 5.97. The number of aliphatic hydroxyl groups is 1. The van der Waals surface area contributed by atoms with Crippen molar-refractivity contribution in [2.75, 3.05) is 23.4 Å². The lowest BCUT2D eigenvalue weighted by Gasteiger charge is -2.29. The molecule has 20 heavy (non-hydrogen) atoms. The Morgan fingerprint density at radius 3 is 2.35 bits per heavy atom. The molecule has 0 aromatic carbocycles. The minimum atomic E-state index is -4.60. The molecule has 1 aromatic rings. The number of aromatic nitrogens is 2.